The first-order valence-corrected chi connectivity index (χ1v) is 7.88. The topological polar surface area (TPSA) is 56.4 Å². The maximum atomic E-state index is 12.7. The molecule has 1 aromatic heterocycles. The summed E-state index contributed by atoms with van der Waals surface area (Å²) in [6.45, 7) is 5.06. The molecule has 1 aromatic rings. The Balaban J connectivity index is 2.11. The molecule has 0 radical (unpaired) electrons. The van der Waals surface area contributed by atoms with Crippen LogP contribution in [0.3, 0.4) is 0 Å². The van der Waals surface area contributed by atoms with E-state index >= 15 is 0 Å². The number of nitrogens with one attached hydrogen (secondary N) is 1. The van der Waals surface area contributed by atoms with Gasteiger partial charge in [0, 0.05) is 37.4 Å². The van der Waals surface area contributed by atoms with Gasteiger partial charge in [-0.15, -0.1) is 0 Å². The lowest BCUT2D eigenvalue weighted by atomic mass is 10.1. The van der Waals surface area contributed by atoms with Crippen LogP contribution in [0.15, 0.2) is 0 Å². The first kappa shape index (κ1) is 18.5. The van der Waals surface area contributed by atoms with E-state index in [4.69, 9.17) is 0 Å². The smallest absolute Gasteiger partial charge is 0.354 e. The highest BCUT2D eigenvalue weighted by molar-refractivity contribution is 6.02. The minimum Gasteiger partial charge on any atom is -0.354 e. The number of nitrogens with zero attached hydrogens (tertiary/aromatic N) is 2. The Morgan fingerprint density at radius 1 is 1.12 bits per heavy atom. The molecule has 0 bridgehead atoms. The molecule has 24 heavy (non-hydrogen) atoms. The standard InChI is InChI=1S/C16H22F3N3O2/c1-10-13(12(3)23)11(2)20-14(10)15(24)22-6-4-5-21(7-8-22)9-16(17,18)19/h20H,4-9H2,1-3H3. The predicted octanol–water partition coefficient (Wildman–Crippen LogP) is 2.54. The third-order valence-corrected chi connectivity index (χ3v) is 4.28. The monoisotopic (exact) mass is 345 g/mol. The number of Topliss-reactive ketones (excluding diaryl/α,β-unsaturated/α-hetero) is 1. The number of aromatic nitrogens is 1. The number of hydrogen-bond acceptors (Lipinski definition) is 3. The summed E-state index contributed by atoms with van der Waals surface area (Å²) in [5.41, 5.74) is 2.09. The van der Waals surface area contributed by atoms with Crippen LogP contribution in [0.4, 0.5) is 13.2 Å². The van der Waals surface area contributed by atoms with Crippen LogP contribution in [0.25, 0.3) is 0 Å². The molecular formula is C16H22F3N3O2. The molecule has 1 saturated heterocycles. The SMILES string of the molecule is CC(=O)c1c(C)[nH]c(C(=O)N2CCCN(CC(F)(F)F)CC2)c1C. The zero-order valence-corrected chi connectivity index (χ0v) is 14.1. The van der Waals surface area contributed by atoms with Crippen molar-refractivity contribution in [1.82, 2.24) is 14.8 Å². The molecule has 2 heterocycles. The Kier molecular flexibility index (Phi) is 5.37. The number of halogens is 3. The Morgan fingerprint density at radius 3 is 2.33 bits per heavy atom. The summed E-state index contributed by atoms with van der Waals surface area (Å²) in [5.74, 6) is -0.385. The van der Waals surface area contributed by atoms with Gasteiger partial charge in [-0.2, -0.15) is 13.2 Å². The molecule has 8 heteroatoms. The Labute approximate surface area is 138 Å². The largest absolute Gasteiger partial charge is 0.401 e. The fourth-order valence-electron chi connectivity index (χ4n) is 3.24. The Bertz CT molecular complexity index is 637. The summed E-state index contributed by atoms with van der Waals surface area (Å²) in [6.07, 6.45) is -3.75. The van der Waals surface area contributed by atoms with Crippen LogP contribution in [0.1, 0.15) is 45.4 Å². The van der Waals surface area contributed by atoms with Crippen molar-refractivity contribution < 1.29 is 22.8 Å². The first-order valence-electron chi connectivity index (χ1n) is 7.88. The molecule has 1 N–H and O–H groups in total. The van der Waals surface area contributed by atoms with Gasteiger partial charge >= 0.3 is 6.18 Å². The minimum absolute atomic E-state index is 0.118. The fraction of sp³-hybridized carbons (Fsp3) is 0.625. The van der Waals surface area contributed by atoms with Gasteiger partial charge in [0.2, 0.25) is 0 Å². The molecule has 0 unspecified atom stereocenters. The van der Waals surface area contributed by atoms with E-state index in [1.807, 2.05) is 0 Å². The van der Waals surface area contributed by atoms with E-state index in [1.54, 1.807) is 18.7 Å². The number of aromatic amines is 1. The lowest BCUT2D eigenvalue weighted by molar-refractivity contribution is -0.145. The number of H-pyrrole nitrogens is 1. The van der Waals surface area contributed by atoms with Gasteiger partial charge in [-0.05, 0) is 32.8 Å². The molecule has 5 nitrogen and oxygen atoms in total. The van der Waals surface area contributed by atoms with E-state index in [-0.39, 0.29) is 24.8 Å². The molecular weight excluding hydrogens is 323 g/mol. The van der Waals surface area contributed by atoms with Crippen LogP contribution in [-0.2, 0) is 0 Å². The number of rotatable bonds is 3. The highest BCUT2D eigenvalue weighted by Crippen LogP contribution is 2.21. The Hall–Kier alpha value is -1.83. The van der Waals surface area contributed by atoms with Gasteiger partial charge < -0.3 is 9.88 Å². The van der Waals surface area contributed by atoms with Crippen molar-refractivity contribution in [2.75, 3.05) is 32.7 Å². The molecule has 1 aliphatic heterocycles. The van der Waals surface area contributed by atoms with Crippen molar-refractivity contribution >= 4 is 11.7 Å². The van der Waals surface area contributed by atoms with Gasteiger partial charge in [0.05, 0.1) is 6.54 Å². The van der Waals surface area contributed by atoms with Crippen molar-refractivity contribution in [3.05, 3.63) is 22.5 Å². The van der Waals surface area contributed by atoms with Crippen LogP contribution in [0, 0.1) is 13.8 Å². The van der Waals surface area contributed by atoms with Gasteiger partial charge in [-0.1, -0.05) is 0 Å². The molecule has 2 rings (SSSR count). The zero-order chi connectivity index (χ0) is 18.1. The van der Waals surface area contributed by atoms with E-state index in [0.717, 1.165) is 0 Å². The van der Waals surface area contributed by atoms with Gasteiger partial charge in [-0.25, -0.2) is 0 Å². The molecule has 1 amide bonds. The summed E-state index contributed by atoms with van der Waals surface area (Å²) >= 11 is 0. The van der Waals surface area contributed by atoms with Crippen LogP contribution >= 0.6 is 0 Å². The maximum absolute atomic E-state index is 12.7. The van der Waals surface area contributed by atoms with E-state index in [9.17, 15) is 22.8 Å². The summed E-state index contributed by atoms with van der Waals surface area (Å²) in [4.78, 5) is 30.2. The highest BCUT2D eigenvalue weighted by atomic mass is 19.4. The molecule has 0 saturated carbocycles. The number of hydrogen-bond donors (Lipinski definition) is 1. The quantitative estimate of drug-likeness (QED) is 0.857. The molecule has 0 atom stereocenters. The van der Waals surface area contributed by atoms with Crippen molar-refractivity contribution in [2.24, 2.45) is 0 Å². The summed E-state index contributed by atoms with van der Waals surface area (Å²) < 4.78 is 37.5. The van der Waals surface area contributed by atoms with Crippen molar-refractivity contribution in [2.45, 2.75) is 33.4 Å². The summed E-state index contributed by atoms with van der Waals surface area (Å²) in [5, 5.41) is 0. The molecule has 0 aromatic carbocycles. The van der Waals surface area contributed by atoms with Crippen LogP contribution in [0.2, 0.25) is 0 Å². The minimum atomic E-state index is -4.23. The predicted molar refractivity (Wildman–Crippen MR) is 83.3 cm³/mol. The normalized spacial score (nSPS) is 17.0. The summed E-state index contributed by atoms with van der Waals surface area (Å²) in [7, 11) is 0. The fourth-order valence-corrected chi connectivity index (χ4v) is 3.24. The van der Waals surface area contributed by atoms with E-state index in [1.165, 1.54) is 11.8 Å². The second kappa shape index (κ2) is 6.96. The molecule has 134 valence electrons. The third-order valence-electron chi connectivity index (χ3n) is 4.28. The van der Waals surface area contributed by atoms with Crippen molar-refractivity contribution in [3.63, 3.8) is 0 Å². The second-order valence-corrected chi connectivity index (χ2v) is 6.22. The third kappa shape index (κ3) is 4.17. The molecule has 1 aliphatic rings. The van der Waals surface area contributed by atoms with Gasteiger partial charge in [0.1, 0.15) is 5.69 Å². The molecule has 1 fully saturated rings. The van der Waals surface area contributed by atoms with Crippen LogP contribution < -0.4 is 0 Å². The summed E-state index contributed by atoms with van der Waals surface area (Å²) in [6, 6.07) is 0. The second-order valence-electron chi connectivity index (χ2n) is 6.22. The lowest BCUT2D eigenvalue weighted by Gasteiger charge is -2.22. The molecule has 0 spiro atoms. The Morgan fingerprint density at radius 2 is 1.79 bits per heavy atom. The number of carbonyl (C=O) groups is 2. The number of amides is 1. The zero-order valence-electron chi connectivity index (χ0n) is 14.1. The van der Waals surface area contributed by atoms with Crippen molar-refractivity contribution in [3.8, 4) is 0 Å². The molecule has 0 aliphatic carbocycles. The maximum Gasteiger partial charge on any atom is 0.401 e. The van der Waals surface area contributed by atoms with Gasteiger partial charge in [0.15, 0.2) is 5.78 Å². The van der Waals surface area contributed by atoms with Crippen LogP contribution in [-0.4, -0.2) is 65.4 Å². The van der Waals surface area contributed by atoms with E-state index in [0.29, 0.717) is 42.0 Å². The van der Waals surface area contributed by atoms with Crippen molar-refractivity contribution in [1.29, 1.82) is 0 Å². The highest BCUT2D eigenvalue weighted by Gasteiger charge is 2.32. The number of carbonyl (C=O) groups excluding carboxylic acids is 2. The number of aryl methyl sites for hydroxylation is 1. The number of alkyl halides is 3. The van der Waals surface area contributed by atoms with E-state index < -0.39 is 12.7 Å². The lowest BCUT2D eigenvalue weighted by Crippen LogP contribution is -2.38. The van der Waals surface area contributed by atoms with Gasteiger partial charge in [-0.3, -0.25) is 14.5 Å². The average Bonchev–Trinajstić information content (AvgIpc) is 2.61. The van der Waals surface area contributed by atoms with Crippen LogP contribution in [0.5, 0.6) is 0 Å². The van der Waals surface area contributed by atoms with E-state index in [2.05, 4.69) is 4.98 Å². The number of ketones is 1. The van der Waals surface area contributed by atoms with Gasteiger partial charge in [0.25, 0.3) is 5.91 Å². The first-order chi connectivity index (χ1) is 11.1. The average molecular weight is 345 g/mol.